The van der Waals surface area contributed by atoms with Crippen molar-refractivity contribution in [2.75, 3.05) is 13.7 Å². The van der Waals surface area contributed by atoms with Crippen LogP contribution in [-0.2, 0) is 4.43 Å². The van der Waals surface area contributed by atoms with Crippen molar-refractivity contribution in [1.82, 2.24) is 0 Å². The average Bonchev–Trinajstić information content (AvgIpc) is 2.42. The zero-order valence-corrected chi connectivity index (χ0v) is 14.4. The number of ketones is 1. The lowest BCUT2D eigenvalue weighted by atomic mass is 9.86. The van der Waals surface area contributed by atoms with Crippen molar-refractivity contribution in [2.24, 2.45) is 5.41 Å². The number of hydrogen-bond acceptors (Lipinski definition) is 3. The summed E-state index contributed by atoms with van der Waals surface area (Å²) in [5.74, 6) is 0.978. The summed E-state index contributed by atoms with van der Waals surface area (Å²) in [6.07, 6.45) is 1.02. The van der Waals surface area contributed by atoms with E-state index in [1.54, 1.807) is 7.11 Å². The van der Waals surface area contributed by atoms with Gasteiger partial charge in [-0.1, -0.05) is 20.8 Å². The van der Waals surface area contributed by atoms with Crippen molar-refractivity contribution >= 4 is 14.8 Å². The number of carbonyl (C=O) groups is 1. The van der Waals surface area contributed by atoms with E-state index in [0.29, 0.717) is 6.61 Å². The normalized spacial score (nSPS) is 13.1. The third-order valence-corrected chi connectivity index (χ3v) is 5.25. The number of rotatable bonds is 7. The van der Waals surface area contributed by atoms with Crippen LogP contribution in [0.15, 0.2) is 24.3 Å². The second-order valence-electron chi connectivity index (χ2n) is 6.14. The molecular weight excluding hydrogens is 268 g/mol. The monoisotopic (exact) mass is 294 g/mol. The van der Waals surface area contributed by atoms with E-state index < -0.39 is 9.04 Å². The number of ether oxygens (including phenoxy) is 1. The zero-order valence-electron chi connectivity index (χ0n) is 13.2. The molecule has 0 spiro atoms. The van der Waals surface area contributed by atoms with Gasteiger partial charge in [0.15, 0.2) is 14.8 Å². The average molecular weight is 294 g/mol. The molecule has 0 bridgehead atoms. The van der Waals surface area contributed by atoms with Crippen LogP contribution >= 0.6 is 0 Å². The molecule has 1 atom stereocenters. The van der Waals surface area contributed by atoms with Gasteiger partial charge in [-0.15, -0.1) is 0 Å². The molecule has 0 heterocycles. The van der Waals surface area contributed by atoms with E-state index in [1.165, 1.54) is 0 Å². The standard InChI is InChI=1S/C16H26O3Si/c1-16(2,3)15(17)13-7-9-14(10-8-13)19-11-6-12-20(5)18-4/h7-10,20H,6,11-12H2,1-5H3. The van der Waals surface area contributed by atoms with Crippen LogP contribution in [0.5, 0.6) is 5.75 Å². The van der Waals surface area contributed by atoms with Crippen LogP contribution < -0.4 is 4.74 Å². The van der Waals surface area contributed by atoms with Gasteiger partial charge in [0.25, 0.3) is 0 Å². The van der Waals surface area contributed by atoms with Gasteiger partial charge in [0.2, 0.25) is 0 Å². The molecule has 1 unspecified atom stereocenters. The summed E-state index contributed by atoms with van der Waals surface area (Å²) in [4.78, 5) is 12.1. The fourth-order valence-electron chi connectivity index (χ4n) is 1.81. The Bertz CT molecular complexity index is 420. The molecule has 0 aromatic heterocycles. The predicted octanol–water partition coefficient (Wildman–Crippen LogP) is 3.68. The molecule has 112 valence electrons. The van der Waals surface area contributed by atoms with Crippen molar-refractivity contribution in [3.05, 3.63) is 29.8 Å². The van der Waals surface area contributed by atoms with Crippen LogP contribution in [0.1, 0.15) is 37.6 Å². The molecule has 0 aliphatic rings. The predicted molar refractivity (Wildman–Crippen MR) is 85.2 cm³/mol. The van der Waals surface area contributed by atoms with Gasteiger partial charge in [-0.2, -0.15) is 0 Å². The van der Waals surface area contributed by atoms with Gasteiger partial charge in [-0.25, -0.2) is 0 Å². The van der Waals surface area contributed by atoms with Crippen molar-refractivity contribution in [3.63, 3.8) is 0 Å². The topological polar surface area (TPSA) is 35.5 Å². The number of carbonyl (C=O) groups excluding carboxylic acids is 1. The van der Waals surface area contributed by atoms with E-state index in [0.717, 1.165) is 23.8 Å². The largest absolute Gasteiger partial charge is 0.494 e. The summed E-state index contributed by atoms with van der Waals surface area (Å²) < 4.78 is 11.0. The first-order valence-corrected chi connectivity index (χ1v) is 9.59. The first-order valence-electron chi connectivity index (χ1n) is 7.15. The second kappa shape index (κ2) is 7.60. The van der Waals surface area contributed by atoms with Crippen LogP contribution in [0.4, 0.5) is 0 Å². The summed E-state index contributed by atoms with van der Waals surface area (Å²) in [6.45, 7) is 8.68. The third-order valence-electron chi connectivity index (χ3n) is 3.22. The molecule has 0 fully saturated rings. The second-order valence-corrected chi connectivity index (χ2v) is 8.81. The molecule has 0 aliphatic heterocycles. The third kappa shape index (κ3) is 5.47. The fourth-order valence-corrected chi connectivity index (χ4v) is 2.79. The van der Waals surface area contributed by atoms with Gasteiger partial charge in [-0.05, 0) is 43.3 Å². The molecule has 0 saturated heterocycles. The summed E-state index contributed by atoms with van der Waals surface area (Å²) >= 11 is 0. The Hall–Kier alpha value is -1.13. The smallest absolute Gasteiger partial charge is 0.173 e. The lowest BCUT2D eigenvalue weighted by Crippen LogP contribution is -2.20. The van der Waals surface area contributed by atoms with Crippen LogP contribution in [0.25, 0.3) is 0 Å². The van der Waals surface area contributed by atoms with Crippen LogP contribution in [0.2, 0.25) is 12.6 Å². The molecular formula is C16H26O3Si. The Balaban J connectivity index is 2.45. The molecule has 0 radical (unpaired) electrons. The molecule has 0 saturated carbocycles. The number of hydrogen-bond donors (Lipinski definition) is 0. The van der Waals surface area contributed by atoms with Gasteiger partial charge in [0, 0.05) is 18.1 Å². The minimum absolute atomic E-state index is 0.156. The molecule has 1 rings (SSSR count). The first kappa shape index (κ1) is 16.9. The van der Waals surface area contributed by atoms with Crippen molar-refractivity contribution < 1.29 is 14.0 Å². The maximum atomic E-state index is 12.1. The van der Waals surface area contributed by atoms with Crippen LogP contribution in [0.3, 0.4) is 0 Å². The van der Waals surface area contributed by atoms with Gasteiger partial charge >= 0.3 is 0 Å². The highest BCUT2D eigenvalue weighted by Crippen LogP contribution is 2.22. The summed E-state index contributed by atoms with van der Waals surface area (Å²) in [6, 6.07) is 8.55. The highest BCUT2D eigenvalue weighted by molar-refractivity contribution is 6.50. The highest BCUT2D eigenvalue weighted by Gasteiger charge is 2.22. The Labute approximate surface area is 124 Å². The summed E-state index contributed by atoms with van der Waals surface area (Å²) in [7, 11) is 0.808. The van der Waals surface area contributed by atoms with Gasteiger partial charge in [-0.3, -0.25) is 4.79 Å². The van der Waals surface area contributed by atoms with E-state index in [-0.39, 0.29) is 11.2 Å². The van der Waals surface area contributed by atoms with Gasteiger partial charge in [0.1, 0.15) is 5.75 Å². The van der Waals surface area contributed by atoms with Crippen molar-refractivity contribution in [1.29, 1.82) is 0 Å². The van der Waals surface area contributed by atoms with E-state index in [2.05, 4.69) is 6.55 Å². The lowest BCUT2D eigenvalue weighted by Gasteiger charge is -2.16. The number of Topliss-reactive ketones (excluding diaryl/α,β-unsaturated/α-hetero) is 1. The first-order chi connectivity index (χ1) is 9.34. The Morgan fingerprint density at radius 1 is 1.20 bits per heavy atom. The molecule has 1 aromatic carbocycles. The van der Waals surface area contributed by atoms with E-state index in [9.17, 15) is 4.79 Å². The molecule has 3 nitrogen and oxygen atoms in total. The van der Waals surface area contributed by atoms with Gasteiger partial charge in [0.05, 0.1) is 6.61 Å². The van der Waals surface area contributed by atoms with Crippen LogP contribution in [0, 0.1) is 5.41 Å². The Morgan fingerprint density at radius 2 is 1.80 bits per heavy atom. The molecule has 0 N–H and O–H groups in total. The van der Waals surface area contributed by atoms with E-state index >= 15 is 0 Å². The lowest BCUT2D eigenvalue weighted by molar-refractivity contribution is 0.0858. The number of benzene rings is 1. The SMILES string of the molecule is CO[SiH](C)CCCOc1ccc(C(=O)C(C)(C)C)cc1. The Morgan fingerprint density at radius 3 is 2.30 bits per heavy atom. The van der Waals surface area contributed by atoms with E-state index in [1.807, 2.05) is 45.0 Å². The van der Waals surface area contributed by atoms with E-state index in [4.69, 9.17) is 9.16 Å². The minimum atomic E-state index is -0.972. The van der Waals surface area contributed by atoms with Crippen molar-refractivity contribution in [3.8, 4) is 5.75 Å². The fraction of sp³-hybridized carbons (Fsp3) is 0.562. The summed E-state index contributed by atoms with van der Waals surface area (Å²) in [5.41, 5.74) is 0.397. The minimum Gasteiger partial charge on any atom is -0.494 e. The maximum Gasteiger partial charge on any atom is 0.173 e. The Kier molecular flexibility index (Phi) is 6.43. The molecule has 0 aliphatic carbocycles. The quantitative estimate of drug-likeness (QED) is 0.437. The molecule has 0 amide bonds. The molecule has 20 heavy (non-hydrogen) atoms. The van der Waals surface area contributed by atoms with Crippen LogP contribution in [-0.4, -0.2) is 28.5 Å². The molecule has 4 heteroatoms. The molecule has 1 aromatic rings. The van der Waals surface area contributed by atoms with Crippen molar-refractivity contribution in [2.45, 2.75) is 39.8 Å². The highest BCUT2D eigenvalue weighted by atomic mass is 28.3. The summed E-state index contributed by atoms with van der Waals surface area (Å²) in [5, 5.41) is 0. The zero-order chi connectivity index (χ0) is 15.2. The van der Waals surface area contributed by atoms with Gasteiger partial charge < -0.3 is 9.16 Å². The maximum absolute atomic E-state index is 12.1.